The van der Waals surface area contributed by atoms with E-state index in [1.165, 1.54) is 0 Å². The van der Waals surface area contributed by atoms with E-state index in [1.807, 2.05) is 26.0 Å². The lowest BCUT2D eigenvalue weighted by Gasteiger charge is -2.28. The monoisotopic (exact) mass is 349 g/mol. The molecule has 1 unspecified atom stereocenters. The number of rotatable bonds is 6. The van der Waals surface area contributed by atoms with Crippen LogP contribution < -0.4 is 5.32 Å². The molecule has 1 atom stereocenters. The second-order valence-electron chi connectivity index (χ2n) is 6.85. The molecule has 24 heavy (non-hydrogen) atoms. The molecule has 2 aromatic rings. The predicted molar refractivity (Wildman–Crippen MR) is 92.9 cm³/mol. The van der Waals surface area contributed by atoms with Gasteiger partial charge in [-0.15, -0.1) is 0 Å². The maximum atomic E-state index is 10.5. The molecule has 6 heteroatoms. The van der Waals surface area contributed by atoms with Gasteiger partial charge in [-0.25, -0.2) is 0 Å². The highest BCUT2D eigenvalue weighted by molar-refractivity contribution is 6.30. The standard InChI is InChI=1S/C18H24ClN3O2/c1-12(2)16-21-17(22-24-16)18(9-3-4-10-18)20-11-15(23)13-5-7-14(19)8-6-13/h5-8,12,15,20,23H,3-4,9-11H2,1-2H3. The van der Waals surface area contributed by atoms with Crippen molar-refractivity contribution in [3.05, 3.63) is 46.6 Å². The summed E-state index contributed by atoms with van der Waals surface area (Å²) in [6.45, 7) is 4.51. The normalized spacial score (nSPS) is 18.2. The Morgan fingerprint density at radius 2 is 1.92 bits per heavy atom. The van der Waals surface area contributed by atoms with E-state index in [0.29, 0.717) is 23.3 Å². The van der Waals surface area contributed by atoms with Crippen molar-refractivity contribution in [2.75, 3.05) is 6.54 Å². The van der Waals surface area contributed by atoms with Crippen molar-refractivity contribution in [1.82, 2.24) is 15.5 Å². The second-order valence-corrected chi connectivity index (χ2v) is 7.28. The summed E-state index contributed by atoms with van der Waals surface area (Å²) in [5.41, 5.74) is 0.542. The molecule has 1 heterocycles. The molecule has 1 aliphatic rings. The average molecular weight is 350 g/mol. The molecule has 1 aliphatic carbocycles. The van der Waals surface area contributed by atoms with Gasteiger partial charge in [0.25, 0.3) is 0 Å². The zero-order valence-electron chi connectivity index (χ0n) is 14.1. The highest BCUT2D eigenvalue weighted by atomic mass is 35.5. The molecule has 0 saturated heterocycles. The topological polar surface area (TPSA) is 71.2 Å². The van der Waals surface area contributed by atoms with Crippen LogP contribution in [0.2, 0.25) is 5.02 Å². The smallest absolute Gasteiger partial charge is 0.229 e. The first kappa shape index (κ1) is 17.4. The lowest BCUT2D eigenvalue weighted by atomic mass is 9.95. The van der Waals surface area contributed by atoms with Gasteiger partial charge in [0.05, 0.1) is 11.6 Å². The van der Waals surface area contributed by atoms with E-state index in [4.69, 9.17) is 16.1 Å². The molecule has 0 bridgehead atoms. The van der Waals surface area contributed by atoms with E-state index in [1.54, 1.807) is 12.1 Å². The van der Waals surface area contributed by atoms with Crippen LogP contribution >= 0.6 is 11.6 Å². The third kappa shape index (κ3) is 3.63. The number of hydrogen-bond donors (Lipinski definition) is 2. The third-order valence-corrected chi connectivity index (χ3v) is 4.96. The summed E-state index contributed by atoms with van der Waals surface area (Å²) in [6, 6.07) is 7.28. The maximum Gasteiger partial charge on any atom is 0.229 e. The van der Waals surface area contributed by atoms with Crippen LogP contribution in [0.15, 0.2) is 28.8 Å². The Morgan fingerprint density at radius 3 is 2.50 bits per heavy atom. The fourth-order valence-corrected chi connectivity index (χ4v) is 3.34. The second kappa shape index (κ2) is 7.21. The summed E-state index contributed by atoms with van der Waals surface area (Å²) in [7, 11) is 0. The van der Waals surface area contributed by atoms with Crippen LogP contribution in [0.4, 0.5) is 0 Å². The van der Waals surface area contributed by atoms with Gasteiger partial charge >= 0.3 is 0 Å². The van der Waals surface area contributed by atoms with E-state index in [-0.39, 0.29) is 11.5 Å². The molecule has 2 N–H and O–H groups in total. The van der Waals surface area contributed by atoms with Crippen LogP contribution in [0.25, 0.3) is 0 Å². The fraction of sp³-hybridized carbons (Fsp3) is 0.556. The number of hydrogen-bond acceptors (Lipinski definition) is 5. The van der Waals surface area contributed by atoms with Crippen molar-refractivity contribution in [2.45, 2.75) is 57.1 Å². The zero-order valence-corrected chi connectivity index (χ0v) is 14.9. The van der Waals surface area contributed by atoms with Gasteiger partial charge in [0.1, 0.15) is 0 Å². The molecule has 5 nitrogen and oxygen atoms in total. The molecular weight excluding hydrogens is 326 g/mol. The van der Waals surface area contributed by atoms with E-state index < -0.39 is 6.10 Å². The van der Waals surface area contributed by atoms with Crippen LogP contribution in [-0.4, -0.2) is 21.8 Å². The summed E-state index contributed by atoms with van der Waals surface area (Å²) in [5, 5.41) is 18.8. The van der Waals surface area contributed by atoms with E-state index in [9.17, 15) is 5.11 Å². The molecule has 1 aromatic carbocycles. The Morgan fingerprint density at radius 1 is 1.25 bits per heavy atom. The molecule has 0 spiro atoms. The summed E-state index contributed by atoms with van der Waals surface area (Å²) < 4.78 is 5.39. The van der Waals surface area contributed by atoms with Crippen molar-refractivity contribution in [3.63, 3.8) is 0 Å². The third-order valence-electron chi connectivity index (χ3n) is 4.71. The fourth-order valence-electron chi connectivity index (χ4n) is 3.22. The minimum absolute atomic E-state index is 0.212. The van der Waals surface area contributed by atoms with Crippen LogP contribution in [-0.2, 0) is 5.54 Å². The molecule has 0 radical (unpaired) electrons. The van der Waals surface area contributed by atoms with E-state index in [2.05, 4.69) is 15.5 Å². The molecule has 130 valence electrons. The molecule has 1 aromatic heterocycles. The number of halogens is 1. The molecular formula is C18H24ClN3O2. The molecule has 0 aliphatic heterocycles. The largest absolute Gasteiger partial charge is 0.387 e. The van der Waals surface area contributed by atoms with E-state index >= 15 is 0 Å². The summed E-state index contributed by atoms with van der Waals surface area (Å²) in [5.74, 6) is 1.59. The van der Waals surface area contributed by atoms with Crippen LogP contribution in [0.3, 0.4) is 0 Å². The summed E-state index contributed by atoms with van der Waals surface area (Å²) >= 11 is 5.90. The van der Waals surface area contributed by atoms with Crippen molar-refractivity contribution in [1.29, 1.82) is 0 Å². The van der Waals surface area contributed by atoms with Crippen LogP contribution in [0.5, 0.6) is 0 Å². The minimum atomic E-state index is -0.601. The van der Waals surface area contributed by atoms with Gasteiger partial charge in [0.15, 0.2) is 5.82 Å². The summed E-state index contributed by atoms with van der Waals surface area (Å²) in [6.07, 6.45) is 3.55. The van der Waals surface area contributed by atoms with Gasteiger partial charge < -0.3 is 14.9 Å². The average Bonchev–Trinajstić information content (AvgIpc) is 3.23. The van der Waals surface area contributed by atoms with Crippen LogP contribution in [0.1, 0.15) is 68.8 Å². The van der Waals surface area contributed by atoms with Crippen molar-refractivity contribution in [3.8, 4) is 0 Å². The van der Waals surface area contributed by atoms with Crippen molar-refractivity contribution < 1.29 is 9.63 Å². The lowest BCUT2D eigenvalue weighted by molar-refractivity contribution is 0.152. The first-order chi connectivity index (χ1) is 11.5. The molecule has 1 fully saturated rings. The predicted octanol–water partition coefficient (Wildman–Crippen LogP) is 3.94. The Bertz CT molecular complexity index is 663. The Balaban J connectivity index is 1.72. The van der Waals surface area contributed by atoms with Gasteiger partial charge in [-0.1, -0.05) is 55.6 Å². The maximum absolute atomic E-state index is 10.5. The van der Waals surface area contributed by atoms with Crippen molar-refractivity contribution >= 4 is 11.6 Å². The molecule has 3 rings (SSSR count). The number of benzene rings is 1. The highest BCUT2D eigenvalue weighted by Crippen LogP contribution is 2.38. The van der Waals surface area contributed by atoms with Gasteiger partial charge in [-0.3, -0.25) is 0 Å². The highest BCUT2D eigenvalue weighted by Gasteiger charge is 2.40. The number of nitrogens with zero attached hydrogens (tertiary/aromatic N) is 2. The number of aliphatic hydroxyl groups is 1. The molecule has 0 amide bonds. The first-order valence-electron chi connectivity index (χ1n) is 8.53. The van der Waals surface area contributed by atoms with Crippen LogP contribution in [0, 0.1) is 0 Å². The summed E-state index contributed by atoms with van der Waals surface area (Å²) in [4.78, 5) is 4.59. The zero-order chi connectivity index (χ0) is 17.2. The first-order valence-corrected chi connectivity index (χ1v) is 8.90. The molecule has 1 saturated carbocycles. The quantitative estimate of drug-likeness (QED) is 0.826. The minimum Gasteiger partial charge on any atom is -0.387 e. The SMILES string of the molecule is CC(C)c1nc(C2(NCC(O)c3ccc(Cl)cc3)CCCC2)no1. The van der Waals surface area contributed by atoms with E-state index in [0.717, 1.165) is 31.2 Å². The number of aliphatic hydroxyl groups excluding tert-OH is 1. The van der Waals surface area contributed by atoms with Gasteiger partial charge in [0.2, 0.25) is 5.89 Å². The number of aromatic nitrogens is 2. The van der Waals surface area contributed by atoms with Crippen molar-refractivity contribution in [2.24, 2.45) is 0 Å². The lowest BCUT2D eigenvalue weighted by Crippen LogP contribution is -2.43. The Labute approximate surface area is 147 Å². The van der Waals surface area contributed by atoms with Gasteiger partial charge in [-0.05, 0) is 30.5 Å². The Hall–Kier alpha value is -1.43. The van der Waals surface area contributed by atoms with Gasteiger partial charge in [0, 0.05) is 17.5 Å². The number of nitrogens with one attached hydrogen (secondary N) is 1. The Kier molecular flexibility index (Phi) is 5.23. The van der Waals surface area contributed by atoms with Gasteiger partial charge in [-0.2, -0.15) is 4.98 Å².